The second-order valence-corrected chi connectivity index (χ2v) is 5.76. The van der Waals surface area contributed by atoms with Crippen LogP contribution in [0.4, 0.5) is 4.39 Å². The van der Waals surface area contributed by atoms with E-state index in [-0.39, 0.29) is 16.5 Å². The van der Waals surface area contributed by atoms with Crippen LogP contribution >= 0.6 is 11.6 Å². The summed E-state index contributed by atoms with van der Waals surface area (Å²) in [5.41, 5.74) is 1.21. The lowest BCUT2D eigenvalue weighted by molar-refractivity contribution is 0.0951. The summed E-state index contributed by atoms with van der Waals surface area (Å²) < 4.78 is 18.2. The number of halogens is 2. The molecule has 1 N–H and O–H groups in total. The number of carbonyl (C=O) groups excluding carboxylic acids is 1. The third kappa shape index (κ3) is 3.49. The van der Waals surface area contributed by atoms with E-state index in [9.17, 15) is 9.18 Å². The van der Waals surface area contributed by atoms with Gasteiger partial charge in [-0.25, -0.2) is 4.39 Å². The summed E-state index contributed by atoms with van der Waals surface area (Å²) in [6, 6.07) is 15.4. The highest BCUT2D eigenvalue weighted by molar-refractivity contribution is 6.33. The first-order valence-electron chi connectivity index (χ1n) is 7.37. The molecule has 5 heteroatoms. The number of nitrogens with one attached hydrogen (secondary N) is 1. The molecule has 122 valence electrons. The number of amides is 1. The Labute approximate surface area is 144 Å². The number of ether oxygens (including phenoxy) is 1. The Hall–Kier alpha value is -2.59. The zero-order chi connectivity index (χ0) is 17.1. The minimum Gasteiger partial charge on any atom is -0.497 e. The van der Waals surface area contributed by atoms with Crippen LogP contribution in [0.15, 0.2) is 54.6 Å². The van der Waals surface area contributed by atoms with Crippen molar-refractivity contribution in [1.29, 1.82) is 0 Å². The van der Waals surface area contributed by atoms with Crippen LogP contribution in [0.3, 0.4) is 0 Å². The number of rotatable bonds is 4. The number of methoxy groups -OCH3 is 1. The largest absolute Gasteiger partial charge is 0.497 e. The maximum absolute atomic E-state index is 13.0. The molecule has 0 radical (unpaired) electrons. The molecule has 0 aliphatic carbocycles. The van der Waals surface area contributed by atoms with Crippen molar-refractivity contribution in [3.63, 3.8) is 0 Å². The highest BCUT2D eigenvalue weighted by Crippen LogP contribution is 2.22. The predicted molar refractivity (Wildman–Crippen MR) is 93.1 cm³/mol. The van der Waals surface area contributed by atoms with Gasteiger partial charge in [0.2, 0.25) is 0 Å². The molecule has 0 aliphatic rings. The summed E-state index contributed by atoms with van der Waals surface area (Å²) in [6.07, 6.45) is 0. The molecule has 0 heterocycles. The zero-order valence-electron chi connectivity index (χ0n) is 13.0. The lowest BCUT2D eigenvalue weighted by Crippen LogP contribution is -2.23. The van der Waals surface area contributed by atoms with Crippen molar-refractivity contribution in [3.05, 3.63) is 76.6 Å². The summed E-state index contributed by atoms with van der Waals surface area (Å²) in [5, 5.41) is 5.01. The average molecular weight is 344 g/mol. The number of carbonyl (C=O) groups is 1. The van der Waals surface area contributed by atoms with E-state index in [0.29, 0.717) is 6.54 Å². The highest BCUT2D eigenvalue weighted by Gasteiger charge is 2.11. The molecule has 3 rings (SSSR count). The van der Waals surface area contributed by atoms with Gasteiger partial charge in [0.25, 0.3) is 5.91 Å². The summed E-state index contributed by atoms with van der Waals surface area (Å²) in [7, 11) is 1.63. The SMILES string of the molecule is COc1ccc2cc(CNC(=O)c3ccc(F)cc3Cl)ccc2c1. The van der Waals surface area contributed by atoms with Crippen molar-refractivity contribution in [3.8, 4) is 5.75 Å². The predicted octanol–water partition coefficient (Wildman–Crippen LogP) is 4.57. The maximum Gasteiger partial charge on any atom is 0.253 e. The van der Waals surface area contributed by atoms with E-state index in [2.05, 4.69) is 5.32 Å². The summed E-state index contributed by atoms with van der Waals surface area (Å²) in [5.74, 6) is -0.00848. The van der Waals surface area contributed by atoms with Crippen LogP contribution in [0.1, 0.15) is 15.9 Å². The normalized spacial score (nSPS) is 10.6. The van der Waals surface area contributed by atoms with Gasteiger partial charge in [-0.05, 0) is 52.7 Å². The lowest BCUT2D eigenvalue weighted by atomic mass is 10.1. The Morgan fingerprint density at radius 2 is 1.83 bits per heavy atom. The third-order valence-corrected chi connectivity index (χ3v) is 4.05. The second kappa shape index (κ2) is 6.89. The fourth-order valence-electron chi connectivity index (χ4n) is 2.46. The maximum atomic E-state index is 13.0. The fraction of sp³-hybridized carbons (Fsp3) is 0.105. The van der Waals surface area contributed by atoms with Crippen LogP contribution in [0.2, 0.25) is 5.02 Å². The average Bonchev–Trinajstić information content (AvgIpc) is 2.59. The molecule has 0 spiro atoms. The minimum atomic E-state index is -0.471. The third-order valence-electron chi connectivity index (χ3n) is 3.74. The van der Waals surface area contributed by atoms with Crippen molar-refractivity contribution in [1.82, 2.24) is 5.32 Å². The second-order valence-electron chi connectivity index (χ2n) is 5.35. The number of hydrogen-bond acceptors (Lipinski definition) is 2. The van der Waals surface area contributed by atoms with Crippen molar-refractivity contribution in [2.45, 2.75) is 6.54 Å². The topological polar surface area (TPSA) is 38.3 Å². The molecule has 3 aromatic rings. The Kier molecular flexibility index (Phi) is 4.67. The molecule has 0 aliphatic heterocycles. The van der Waals surface area contributed by atoms with Crippen molar-refractivity contribution in [2.24, 2.45) is 0 Å². The molecule has 3 aromatic carbocycles. The minimum absolute atomic E-state index is 0.0955. The van der Waals surface area contributed by atoms with Crippen LogP contribution in [-0.2, 0) is 6.54 Å². The molecule has 0 saturated carbocycles. The van der Waals surface area contributed by atoms with Gasteiger partial charge in [-0.3, -0.25) is 4.79 Å². The molecule has 0 atom stereocenters. The Morgan fingerprint density at radius 3 is 2.58 bits per heavy atom. The molecule has 3 nitrogen and oxygen atoms in total. The van der Waals surface area contributed by atoms with Gasteiger partial charge in [0.15, 0.2) is 0 Å². The number of benzene rings is 3. The monoisotopic (exact) mass is 343 g/mol. The van der Waals surface area contributed by atoms with Crippen LogP contribution < -0.4 is 10.1 Å². The van der Waals surface area contributed by atoms with Gasteiger partial charge >= 0.3 is 0 Å². The van der Waals surface area contributed by atoms with Gasteiger partial charge in [0.1, 0.15) is 11.6 Å². The molecule has 0 saturated heterocycles. The molecule has 0 aromatic heterocycles. The van der Waals surface area contributed by atoms with Crippen molar-refractivity contribution < 1.29 is 13.9 Å². The fourth-order valence-corrected chi connectivity index (χ4v) is 2.71. The molecule has 0 unspecified atom stereocenters. The Balaban J connectivity index is 1.74. The van der Waals surface area contributed by atoms with Crippen LogP contribution in [0, 0.1) is 5.82 Å². The van der Waals surface area contributed by atoms with E-state index in [1.807, 2.05) is 36.4 Å². The smallest absolute Gasteiger partial charge is 0.253 e. The number of fused-ring (bicyclic) bond motifs is 1. The molecule has 24 heavy (non-hydrogen) atoms. The highest BCUT2D eigenvalue weighted by atomic mass is 35.5. The van der Waals surface area contributed by atoms with E-state index in [1.165, 1.54) is 12.1 Å². The molecule has 0 bridgehead atoms. The quantitative estimate of drug-likeness (QED) is 0.753. The Bertz CT molecular complexity index is 911. The van der Waals surface area contributed by atoms with E-state index < -0.39 is 5.82 Å². The van der Waals surface area contributed by atoms with Crippen molar-refractivity contribution >= 4 is 28.3 Å². The van der Waals surface area contributed by atoms with E-state index >= 15 is 0 Å². The van der Waals surface area contributed by atoms with Gasteiger partial charge in [-0.15, -0.1) is 0 Å². The van der Waals surface area contributed by atoms with E-state index in [1.54, 1.807) is 7.11 Å². The molecule has 0 fully saturated rings. The Morgan fingerprint density at radius 1 is 1.08 bits per heavy atom. The van der Waals surface area contributed by atoms with Gasteiger partial charge < -0.3 is 10.1 Å². The van der Waals surface area contributed by atoms with Crippen molar-refractivity contribution in [2.75, 3.05) is 7.11 Å². The van der Waals surface area contributed by atoms with Gasteiger partial charge in [-0.2, -0.15) is 0 Å². The first-order chi connectivity index (χ1) is 11.6. The van der Waals surface area contributed by atoms with E-state index in [0.717, 1.165) is 28.2 Å². The van der Waals surface area contributed by atoms with Gasteiger partial charge in [0.05, 0.1) is 17.7 Å². The van der Waals surface area contributed by atoms with Crippen LogP contribution in [0.25, 0.3) is 10.8 Å². The summed E-state index contributed by atoms with van der Waals surface area (Å²) >= 11 is 5.90. The van der Waals surface area contributed by atoms with Crippen LogP contribution in [-0.4, -0.2) is 13.0 Å². The standard InChI is InChI=1S/C19H15ClFNO2/c1-24-16-6-4-13-8-12(2-3-14(13)9-16)11-22-19(23)17-7-5-15(21)10-18(17)20/h2-10H,11H2,1H3,(H,22,23). The van der Waals surface area contributed by atoms with E-state index in [4.69, 9.17) is 16.3 Å². The lowest BCUT2D eigenvalue weighted by Gasteiger charge is -2.08. The summed E-state index contributed by atoms with van der Waals surface area (Å²) in [4.78, 5) is 12.2. The first-order valence-corrected chi connectivity index (χ1v) is 7.74. The molecular weight excluding hydrogens is 329 g/mol. The summed E-state index contributed by atoms with van der Waals surface area (Å²) in [6.45, 7) is 0.356. The zero-order valence-corrected chi connectivity index (χ0v) is 13.7. The number of hydrogen-bond donors (Lipinski definition) is 1. The van der Waals surface area contributed by atoms with Gasteiger partial charge in [0, 0.05) is 6.54 Å². The molecular formula is C19H15ClFNO2. The molecule has 1 amide bonds. The van der Waals surface area contributed by atoms with Crippen LogP contribution in [0.5, 0.6) is 5.75 Å². The first kappa shape index (κ1) is 16.3. The van der Waals surface area contributed by atoms with Gasteiger partial charge in [-0.1, -0.05) is 29.8 Å².